The van der Waals surface area contributed by atoms with Gasteiger partial charge in [0, 0.05) is 11.3 Å². The summed E-state index contributed by atoms with van der Waals surface area (Å²) >= 11 is 0. The van der Waals surface area contributed by atoms with Gasteiger partial charge in [0.1, 0.15) is 17.0 Å². The zero-order chi connectivity index (χ0) is 21.9. The van der Waals surface area contributed by atoms with Crippen LogP contribution in [0.3, 0.4) is 0 Å². The molecule has 2 aromatic rings. The van der Waals surface area contributed by atoms with Crippen LogP contribution in [0, 0.1) is 0 Å². The van der Waals surface area contributed by atoms with Crippen molar-refractivity contribution < 1.29 is 15.0 Å². The quantitative estimate of drug-likeness (QED) is 0.645. The van der Waals surface area contributed by atoms with Crippen molar-refractivity contribution in [2.24, 2.45) is 0 Å². The van der Waals surface area contributed by atoms with E-state index in [-0.39, 0.29) is 17.4 Å². The van der Waals surface area contributed by atoms with Gasteiger partial charge in [-0.05, 0) is 60.9 Å². The van der Waals surface area contributed by atoms with Crippen LogP contribution >= 0.6 is 0 Å². The minimum atomic E-state index is -1.05. The molecule has 3 rings (SSSR count). The molecule has 2 aromatic carbocycles. The fourth-order valence-electron chi connectivity index (χ4n) is 4.08. The average Bonchev–Trinajstić information content (AvgIpc) is 3.01. The van der Waals surface area contributed by atoms with Crippen molar-refractivity contribution in [2.45, 2.75) is 19.4 Å². The predicted molar refractivity (Wildman–Crippen MR) is 120 cm³/mol. The monoisotopic (exact) mass is 399 g/mol. The van der Waals surface area contributed by atoms with E-state index in [4.69, 9.17) is 0 Å². The first kappa shape index (κ1) is 20.9. The highest BCUT2D eigenvalue weighted by molar-refractivity contribution is 6.04. The minimum Gasteiger partial charge on any atom is -0.508 e. The second kappa shape index (κ2) is 8.29. The van der Waals surface area contributed by atoms with Crippen LogP contribution in [0.5, 0.6) is 11.5 Å². The standard InChI is InChI=1S/C26H25NO3/c1-5-9-20(6-2)27-25(30)23(7-3)24(8-4)26(27,18-10-14-21(28)15-11-18)19-12-16-22(29)17-13-19/h5-17,28-29H,3-4H2,1-2H3/b9-5-,20-6+. The molecule has 0 bridgehead atoms. The fourth-order valence-corrected chi connectivity index (χ4v) is 4.08. The van der Waals surface area contributed by atoms with Crippen molar-refractivity contribution in [1.82, 2.24) is 4.90 Å². The van der Waals surface area contributed by atoms with E-state index in [0.717, 1.165) is 11.1 Å². The van der Waals surface area contributed by atoms with Crippen molar-refractivity contribution in [1.29, 1.82) is 0 Å². The third kappa shape index (κ3) is 3.07. The second-order valence-electron chi connectivity index (χ2n) is 6.89. The number of benzene rings is 2. The van der Waals surface area contributed by atoms with Crippen LogP contribution in [0.4, 0.5) is 0 Å². The largest absolute Gasteiger partial charge is 0.508 e. The molecule has 0 saturated carbocycles. The maximum Gasteiger partial charge on any atom is 0.259 e. The molecule has 0 radical (unpaired) electrons. The zero-order valence-electron chi connectivity index (χ0n) is 17.2. The first-order valence-corrected chi connectivity index (χ1v) is 9.67. The molecule has 4 heteroatoms. The van der Waals surface area contributed by atoms with E-state index in [2.05, 4.69) is 13.2 Å². The summed E-state index contributed by atoms with van der Waals surface area (Å²) in [5.41, 5.74) is 2.34. The topological polar surface area (TPSA) is 60.8 Å². The first-order chi connectivity index (χ1) is 14.4. The maximum atomic E-state index is 13.7. The Morgan fingerprint density at radius 2 is 1.40 bits per heavy atom. The van der Waals surface area contributed by atoms with E-state index >= 15 is 0 Å². The number of carbonyl (C=O) groups is 1. The number of hydrogen-bond donors (Lipinski definition) is 2. The summed E-state index contributed by atoms with van der Waals surface area (Å²) in [5.74, 6) is 0.0544. The molecule has 4 nitrogen and oxygen atoms in total. The summed E-state index contributed by atoms with van der Waals surface area (Å²) in [4.78, 5) is 15.4. The zero-order valence-corrected chi connectivity index (χ0v) is 17.2. The lowest BCUT2D eigenvalue weighted by molar-refractivity contribution is -0.126. The Labute approximate surface area is 177 Å². The summed E-state index contributed by atoms with van der Waals surface area (Å²) in [5, 5.41) is 19.8. The summed E-state index contributed by atoms with van der Waals surface area (Å²) in [6.07, 6.45) is 8.86. The summed E-state index contributed by atoms with van der Waals surface area (Å²) < 4.78 is 0. The summed E-state index contributed by atoms with van der Waals surface area (Å²) in [7, 11) is 0. The molecular formula is C26H25NO3. The van der Waals surface area contributed by atoms with Gasteiger partial charge in [0.2, 0.25) is 0 Å². The van der Waals surface area contributed by atoms with Gasteiger partial charge in [-0.3, -0.25) is 9.69 Å². The number of phenols is 2. The Balaban J connectivity index is 2.51. The SMILES string of the molecule is C=CC1=C(C=C)C(c2ccc(O)cc2)(c2ccc(O)cc2)N(C(/C=C\C)=C/C)C1=O. The van der Waals surface area contributed by atoms with E-state index in [0.29, 0.717) is 16.8 Å². The lowest BCUT2D eigenvalue weighted by atomic mass is 9.76. The van der Waals surface area contributed by atoms with Crippen molar-refractivity contribution in [3.05, 3.63) is 120 Å². The molecule has 152 valence electrons. The molecule has 0 aliphatic carbocycles. The number of aromatic hydroxyl groups is 2. The highest BCUT2D eigenvalue weighted by atomic mass is 16.3. The van der Waals surface area contributed by atoms with Gasteiger partial charge in [0.05, 0.1) is 0 Å². The van der Waals surface area contributed by atoms with Crippen LogP contribution in [0.1, 0.15) is 25.0 Å². The van der Waals surface area contributed by atoms with Crippen molar-refractivity contribution >= 4 is 5.91 Å². The number of carbonyl (C=O) groups excluding carboxylic acids is 1. The van der Waals surface area contributed by atoms with Crippen LogP contribution in [0.25, 0.3) is 0 Å². The van der Waals surface area contributed by atoms with E-state index in [1.165, 1.54) is 0 Å². The summed E-state index contributed by atoms with van der Waals surface area (Å²) in [6, 6.07) is 13.6. The lowest BCUT2D eigenvalue weighted by Gasteiger charge is -2.42. The number of amides is 1. The van der Waals surface area contributed by atoms with Gasteiger partial charge in [-0.25, -0.2) is 0 Å². The first-order valence-electron chi connectivity index (χ1n) is 9.67. The van der Waals surface area contributed by atoms with Gasteiger partial charge in [0.15, 0.2) is 0 Å². The average molecular weight is 399 g/mol. The molecular weight excluding hydrogens is 374 g/mol. The van der Waals surface area contributed by atoms with Crippen molar-refractivity contribution in [2.75, 3.05) is 0 Å². The number of nitrogens with zero attached hydrogens (tertiary/aromatic N) is 1. The lowest BCUT2D eigenvalue weighted by Crippen LogP contribution is -2.45. The molecule has 0 atom stereocenters. The third-order valence-corrected chi connectivity index (χ3v) is 5.32. The third-order valence-electron chi connectivity index (χ3n) is 5.32. The molecule has 1 heterocycles. The molecule has 1 amide bonds. The highest BCUT2D eigenvalue weighted by Crippen LogP contribution is 2.51. The van der Waals surface area contributed by atoms with E-state index in [1.807, 2.05) is 32.1 Å². The fraction of sp³-hybridized carbons (Fsp3) is 0.115. The van der Waals surface area contributed by atoms with Crippen molar-refractivity contribution in [3.63, 3.8) is 0 Å². The molecule has 1 aliphatic rings. The van der Waals surface area contributed by atoms with E-state index in [1.54, 1.807) is 65.6 Å². The molecule has 30 heavy (non-hydrogen) atoms. The Morgan fingerprint density at radius 3 is 1.77 bits per heavy atom. The molecule has 0 spiro atoms. The normalized spacial score (nSPS) is 16.4. The predicted octanol–water partition coefficient (Wildman–Crippen LogP) is 5.33. The van der Waals surface area contributed by atoms with Gasteiger partial charge < -0.3 is 10.2 Å². The van der Waals surface area contributed by atoms with Crippen LogP contribution in [-0.2, 0) is 10.3 Å². The molecule has 1 aliphatic heterocycles. The minimum absolute atomic E-state index is 0.128. The second-order valence-corrected chi connectivity index (χ2v) is 6.89. The molecule has 0 unspecified atom stereocenters. The molecule has 2 N–H and O–H groups in total. The Morgan fingerprint density at radius 1 is 0.900 bits per heavy atom. The van der Waals surface area contributed by atoms with Crippen molar-refractivity contribution in [3.8, 4) is 11.5 Å². The van der Waals surface area contributed by atoms with Crippen LogP contribution in [0.2, 0.25) is 0 Å². The van der Waals surface area contributed by atoms with Crippen LogP contribution in [0.15, 0.2) is 109 Å². The van der Waals surface area contributed by atoms with Gasteiger partial charge >= 0.3 is 0 Å². The maximum absolute atomic E-state index is 13.7. The Hall–Kier alpha value is -3.79. The van der Waals surface area contributed by atoms with E-state index in [9.17, 15) is 15.0 Å². The Kier molecular flexibility index (Phi) is 5.79. The van der Waals surface area contributed by atoms with Crippen LogP contribution < -0.4 is 0 Å². The molecule has 0 saturated heterocycles. The van der Waals surface area contributed by atoms with Crippen LogP contribution in [-0.4, -0.2) is 21.0 Å². The number of hydrogen-bond acceptors (Lipinski definition) is 3. The van der Waals surface area contributed by atoms with Gasteiger partial charge in [-0.1, -0.05) is 61.7 Å². The smallest absolute Gasteiger partial charge is 0.259 e. The van der Waals surface area contributed by atoms with Gasteiger partial charge in [-0.2, -0.15) is 0 Å². The highest BCUT2D eigenvalue weighted by Gasteiger charge is 2.53. The van der Waals surface area contributed by atoms with Gasteiger partial charge in [-0.15, -0.1) is 0 Å². The van der Waals surface area contributed by atoms with E-state index < -0.39 is 5.54 Å². The van der Waals surface area contributed by atoms with Gasteiger partial charge in [0.25, 0.3) is 5.91 Å². The number of rotatable bonds is 6. The molecule has 0 aromatic heterocycles. The summed E-state index contributed by atoms with van der Waals surface area (Å²) in [6.45, 7) is 11.6. The molecule has 0 fully saturated rings. The Bertz CT molecular complexity index is 1020. The number of phenolic OH excluding ortho intramolecular Hbond substituents is 2. The number of allylic oxidation sites excluding steroid dienone is 3.